The normalized spacial score (nSPS) is 12.9. The molecular weight excluding hydrogens is 302 g/mol. The zero-order valence-electron chi connectivity index (χ0n) is 12.7. The number of likely N-dealkylation sites (N-methyl/N-ethyl adjacent to an activating group) is 1. The summed E-state index contributed by atoms with van der Waals surface area (Å²) in [5.74, 6) is 1.26. The van der Waals surface area contributed by atoms with E-state index in [9.17, 15) is 5.11 Å². The lowest BCUT2D eigenvalue weighted by Gasteiger charge is -2.25. The van der Waals surface area contributed by atoms with Crippen LogP contribution in [-0.2, 0) is 0 Å². The summed E-state index contributed by atoms with van der Waals surface area (Å²) in [7, 11) is 3.40. The van der Waals surface area contributed by atoms with Crippen LogP contribution in [0.5, 0.6) is 11.5 Å². The Morgan fingerprint density at radius 1 is 1.00 bits per heavy atom. The highest BCUT2D eigenvalue weighted by atomic mass is 35.5. The summed E-state index contributed by atoms with van der Waals surface area (Å²) >= 11 is 0. The third-order valence-corrected chi connectivity index (χ3v) is 3.21. The number of benzene rings is 2. The molecule has 0 aromatic heterocycles. The summed E-state index contributed by atoms with van der Waals surface area (Å²) < 4.78 is 11.3. The van der Waals surface area contributed by atoms with Crippen LogP contribution in [0.4, 0.5) is 0 Å². The molecule has 2 aromatic carbocycles. The van der Waals surface area contributed by atoms with Crippen molar-refractivity contribution in [3.63, 3.8) is 0 Å². The summed E-state index contributed by atoms with van der Waals surface area (Å²) in [6, 6.07) is 17.1. The van der Waals surface area contributed by atoms with E-state index in [4.69, 9.17) is 9.47 Å². The molecule has 2 aromatic rings. The van der Waals surface area contributed by atoms with E-state index in [2.05, 4.69) is 5.32 Å². The van der Waals surface area contributed by atoms with Crippen LogP contribution < -0.4 is 14.8 Å². The lowest BCUT2D eigenvalue weighted by Crippen LogP contribution is -2.32. The van der Waals surface area contributed by atoms with Gasteiger partial charge in [0.15, 0.2) is 17.6 Å². The smallest absolute Gasteiger partial charge is 0.162 e. The first-order chi connectivity index (χ1) is 10.3. The van der Waals surface area contributed by atoms with E-state index in [0.29, 0.717) is 18.0 Å². The molecule has 0 aliphatic carbocycles. The van der Waals surface area contributed by atoms with Gasteiger partial charge < -0.3 is 19.9 Å². The fourth-order valence-electron chi connectivity index (χ4n) is 2.18. The highest BCUT2D eigenvalue weighted by molar-refractivity contribution is 5.85. The fourth-order valence-corrected chi connectivity index (χ4v) is 2.18. The van der Waals surface area contributed by atoms with Crippen molar-refractivity contribution in [1.82, 2.24) is 5.32 Å². The molecule has 0 aliphatic rings. The number of rotatable bonds is 7. The Morgan fingerprint density at radius 3 is 2.18 bits per heavy atom. The number of para-hydroxylation sites is 2. The van der Waals surface area contributed by atoms with Crippen molar-refractivity contribution in [2.24, 2.45) is 0 Å². The second kappa shape index (κ2) is 9.30. The third kappa shape index (κ3) is 4.63. The highest BCUT2D eigenvalue weighted by Gasteiger charge is 2.23. The Hall–Kier alpha value is -1.75. The average Bonchev–Trinajstić information content (AvgIpc) is 2.54. The van der Waals surface area contributed by atoms with Crippen molar-refractivity contribution in [1.29, 1.82) is 0 Å². The van der Waals surface area contributed by atoms with Crippen LogP contribution in [-0.4, -0.2) is 31.9 Å². The van der Waals surface area contributed by atoms with E-state index in [-0.39, 0.29) is 12.4 Å². The van der Waals surface area contributed by atoms with Crippen LogP contribution in [0.1, 0.15) is 11.7 Å². The number of methoxy groups -OCH3 is 1. The van der Waals surface area contributed by atoms with Crippen molar-refractivity contribution in [3.8, 4) is 11.5 Å². The third-order valence-electron chi connectivity index (χ3n) is 3.21. The van der Waals surface area contributed by atoms with Gasteiger partial charge in [-0.15, -0.1) is 12.4 Å². The van der Waals surface area contributed by atoms with Crippen LogP contribution in [0.15, 0.2) is 54.6 Å². The van der Waals surface area contributed by atoms with Crippen molar-refractivity contribution in [2.45, 2.75) is 12.2 Å². The largest absolute Gasteiger partial charge is 0.493 e. The van der Waals surface area contributed by atoms with E-state index >= 15 is 0 Å². The SMILES string of the molecule is CNCC(O)C(Oc1ccccc1OC)c1ccccc1.Cl. The molecule has 0 radical (unpaired) electrons. The molecule has 0 saturated carbocycles. The molecule has 0 fully saturated rings. The standard InChI is InChI=1S/C17H21NO3.ClH/c1-18-12-14(19)17(13-8-4-3-5-9-13)21-16-11-7-6-10-15(16)20-2;/h3-11,14,17-19H,12H2,1-2H3;1H. The molecule has 0 spiro atoms. The number of ether oxygens (including phenoxy) is 2. The first-order valence-electron chi connectivity index (χ1n) is 6.93. The molecule has 4 nitrogen and oxygen atoms in total. The van der Waals surface area contributed by atoms with Gasteiger partial charge in [0, 0.05) is 6.54 Å². The van der Waals surface area contributed by atoms with Crippen LogP contribution in [0, 0.1) is 0 Å². The fraction of sp³-hybridized carbons (Fsp3) is 0.294. The zero-order valence-corrected chi connectivity index (χ0v) is 13.5. The maximum Gasteiger partial charge on any atom is 0.162 e. The van der Waals surface area contributed by atoms with E-state index in [1.807, 2.05) is 54.6 Å². The summed E-state index contributed by atoms with van der Waals surface area (Å²) in [5.41, 5.74) is 0.922. The number of nitrogens with one attached hydrogen (secondary N) is 1. The second-order valence-corrected chi connectivity index (χ2v) is 4.73. The minimum atomic E-state index is -0.665. The van der Waals surface area contributed by atoms with E-state index < -0.39 is 12.2 Å². The van der Waals surface area contributed by atoms with Gasteiger partial charge in [0.05, 0.1) is 7.11 Å². The first kappa shape index (κ1) is 18.3. The van der Waals surface area contributed by atoms with Crippen LogP contribution in [0.3, 0.4) is 0 Å². The molecule has 5 heteroatoms. The molecule has 22 heavy (non-hydrogen) atoms. The lowest BCUT2D eigenvalue weighted by molar-refractivity contribution is 0.0354. The molecule has 0 amide bonds. The van der Waals surface area contributed by atoms with Gasteiger partial charge in [0.25, 0.3) is 0 Å². The highest BCUT2D eigenvalue weighted by Crippen LogP contribution is 2.32. The maximum absolute atomic E-state index is 10.4. The molecule has 2 unspecified atom stereocenters. The number of hydrogen-bond donors (Lipinski definition) is 2. The Balaban J connectivity index is 0.00000242. The van der Waals surface area contributed by atoms with Gasteiger partial charge in [-0.2, -0.15) is 0 Å². The lowest BCUT2D eigenvalue weighted by atomic mass is 10.0. The monoisotopic (exact) mass is 323 g/mol. The maximum atomic E-state index is 10.4. The summed E-state index contributed by atoms with van der Waals surface area (Å²) in [4.78, 5) is 0. The van der Waals surface area contributed by atoms with Crippen LogP contribution in [0.2, 0.25) is 0 Å². The number of hydrogen-bond acceptors (Lipinski definition) is 4. The van der Waals surface area contributed by atoms with Crippen LogP contribution >= 0.6 is 12.4 Å². The number of halogens is 1. The molecule has 0 saturated heterocycles. The van der Waals surface area contributed by atoms with Crippen molar-refractivity contribution in [3.05, 3.63) is 60.2 Å². The van der Waals surface area contributed by atoms with Gasteiger partial charge in [0.1, 0.15) is 6.10 Å². The molecule has 0 bridgehead atoms. The predicted molar refractivity (Wildman–Crippen MR) is 90.0 cm³/mol. The first-order valence-corrected chi connectivity index (χ1v) is 6.93. The van der Waals surface area contributed by atoms with Gasteiger partial charge in [-0.05, 0) is 24.7 Å². The van der Waals surface area contributed by atoms with Crippen molar-refractivity contribution < 1.29 is 14.6 Å². The topological polar surface area (TPSA) is 50.7 Å². The molecule has 2 N–H and O–H groups in total. The summed E-state index contributed by atoms with van der Waals surface area (Å²) in [6.45, 7) is 0.439. The summed E-state index contributed by atoms with van der Waals surface area (Å²) in [6.07, 6.45) is -1.13. The quantitative estimate of drug-likeness (QED) is 0.822. The Bertz CT molecular complexity index is 551. The van der Waals surface area contributed by atoms with Crippen LogP contribution in [0.25, 0.3) is 0 Å². The van der Waals surface area contributed by atoms with Crippen molar-refractivity contribution in [2.75, 3.05) is 20.7 Å². The minimum absolute atomic E-state index is 0. The number of aliphatic hydroxyl groups is 1. The van der Waals surface area contributed by atoms with Gasteiger partial charge >= 0.3 is 0 Å². The Morgan fingerprint density at radius 2 is 1.59 bits per heavy atom. The zero-order chi connectivity index (χ0) is 15.1. The molecule has 120 valence electrons. The molecule has 0 heterocycles. The van der Waals surface area contributed by atoms with Gasteiger partial charge in [-0.3, -0.25) is 0 Å². The van der Waals surface area contributed by atoms with Crippen molar-refractivity contribution >= 4 is 12.4 Å². The Kier molecular flexibility index (Phi) is 7.74. The molecular formula is C17H22ClNO3. The van der Waals surface area contributed by atoms with E-state index in [1.54, 1.807) is 14.2 Å². The van der Waals surface area contributed by atoms with Gasteiger partial charge in [0.2, 0.25) is 0 Å². The molecule has 2 rings (SSSR count). The van der Waals surface area contributed by atoms with Gasteiger partial charge in [-0.25, -0.2) is 0 Å². The second-order valence-electron chi connectivity index (χ2n) is 4.73. The van der Waals surface area contributed by atoms with Gasteiger partial charge in [-0.1, -0.05) is 42.5 Å². The van der Waals surface area contributed by atoms with E-state index in [1.165, 1.54) is 0 Å². The molecule has 0 aliphatic heterocycles. The number of aliphatic hydroxyl groups excluding tert-OH is 1. The summed E-state index contributed by atoms with van der Waals surface area (Å²) in [5, 5.41) is 13.3. The molecule has 2 atom stereocenters. The Labute approximate surface area is 137 Å². The average molecular weight is 324 g/mol. The predicted octanol–water partition coefficient (Wildman–Crippen LogP) is 2.82. The minimum Gasteiger partial charge on any atom is -0.493 e. The van der Waals surface area contributed by atoms with E-state index in [0.717, 1.165) is 5.56 Å².